The molecule has 214 valence electrons. The Bertz CT molecular complexity index is 2510. The Morgan fingerprint density at radius 1 is 0.391 bits per heavy atom. The molecule has 1 nitrogen and oxygen atoms in total. The van der Waals surface area contributed by atoms with Gasteiger partial charge in [-0.3, -0.25) is 0 Å². The molecular weight excluding hydrogens is 556 g/mol. The van der Waals surface area contributed by atoms with E-state index in [0.717, 1.165) is 22.6 Å². The number of hydrogen-bond donors (Lipinski definition) is 0. The van der Waals surface area contributed by atoms with Crippen LogP contribution in [0.25, 0.3) is 54.9 Å². The quantitative estimate of drug-likeness (QED) is 0.201. The first-order chi connectivity index (χ1) is 22.8. The van der Waals surface area contributed by atoms with Crippen molar-refractivity contribution in [2.45, 2.75) is 5.41 Å². The van der Waals surface area contributed by atoms with Crippen LogP contribution in [-0.4, -0.2) is 0 Å². The zero-order valence-corrected chi connectivity index (χ0v) is 25.1. The fourth-order valence-electron chi connectivity index (χ4n) is 8.22. The highest BCUT2D eigenvalue weighted by Crippen LogP contribution is 2.58. The second-order valence-electron chi connectivity index (χ2n) is 12.4. The lowest BCUT2D eigenvalue weighted by Crippen LogP contribution is -2.28. The van der Waals surface area contributed by atoms with Gasteiger partial charge in [0.1, 0.15) is 11.5 Å². The maximum atomic E-state index is 6.57. The van der Waals surface area contributed by atoms with Gasteiger partial charge in [0.25, 0.3) is 0 Å². The van der Waals surface area contributed by atoms with E-state index < -0.39 is 5.41 Å². The van der Waals surface area contributed by atoms with Gasteiger partial charge in [-0.25, -0.2) is 0 Å². The number of hydrogen-bond acceptors (Lipinski definition) is 1. The van der Waals surface area contributed by atoms with Crippen LogP contribution in [0.5, 0.6) is 11.5 Å². The summed E-state index contributed by atoms with van der Waals surface area (Å²) < 4.78 is 6.57. The number of para-hydroxylation sites is 1. The monoisotopic (exact) mass is 584 g/mol. The molecule has 0 amide bonds. The summed E-state index contributed by atoms with van der Waals surface area (Å²) in [5.74, 6) is 1.81. The van der Waals surface area contributed by atoms with Gasteiger partial charge in [0, 0.05) is 10.9 Å². The maximum absolute atomic E-state index is 6.57. The van der Waals surface area contributed by atoms with Crippen LogP contribution in [0.3, 0.4) is 0 Å². The van der Waals surface area contributed by atoms with E-state index in [2.05, 4.69) is 164 Å². The summed E-state index contributed by atoms with van der Waals surface area (Å²) in [6.45, 7) is 0. The Kier molecular flexibility index (Phi) is 5.27. The van der Waals surface area contributed by atoms with Crippen LogP contribution in [0, 0.1) is 0 Å². The molecule has 1 atom stereocenters. The van der Waals surface area contributed by atoms with E-state index in [1.807, 2.05) is 6.07 Å². The van der Waals surface area contributed by atoms with Gasteiger partial charge in [-0.05, 0) is 90.5 Å². The van der Waals surface area contributed by atoms with Crippen LogP contribution in [0.15, 0.2) is 170 Å². The largest absolute Gasteiger partial charge is 0.456 e. The number of ether oxygens (including phenoxy) is 1. The fourth-order valence-corrected chi connectivity index (χ4v) is 8.22. The van der Waals surface area contributed by atoms with Crippen LogP contribution in [0.2, 0.25) is 0 Å². The molecule has 0 spiro atoms. The van der Waals surface area contributed by atoms with E-state index in [9.17, 15) is 0 Å². The average Bonchev–Trinajstić information content (AvgIpc) is 3.44. The number of benzene rings is 8. The first kappa shape index (κ1) is 25.4. The molecule has 1 aliphatic carbocycles. The molecule has 8 aromatic rings. The Hall–Kier alpha value is -5.92. The summed E-state index contributed by atoms with van der Waals surface area (Å²) in [7, 11) is 0. The van der Waals surface area contributed by atoms with Crippen molar-refractivity contribution in [3.05, 3.63) is 192 Å². The van der Waals surface area contributed by atoms with Gasteiger partial charge in [0.15, 0.2) is 0 Å². The minimum Gasteiger partial charge on any atom is -0.456 e. The van der Waals surface area contributed by atoms with Gasteiger partial charge < -0.3 is 4.74 Å². The summed E-state index contributed by atoms with van der Waals surface area (Å²) >= 11 is 0. The summed E-state index contributed by atoms with van der Waals surface area (Å²) in [4.78, 5) is 0. The molecule has 0 bridgehead atoms. The Morgan fingerprint density at radius 2 is 1.11 bits per heavy atom. The lowest BCUT2D eigenvalue weighted by molar-refractivity contribution is 0.487. The van der Waals surface area contributed by atoms with Crippen molar-refractivity contribution in [3.63, 3.8) is 0 Å². The molecule has 10 rings (SSSR count). The van der Waals surface area contributed by atoms with Gasteiger partial charge in [0.2, 0.25) is 0 Å². The van der Waals surface area contributed by atoms with Crippen molar-refractivity contribution in [1.82, 2.24) is 0 Å². The smallest absolute Gasteiger partial charge is 0.136 e. The van der Waals surface area contributed by atoms with Crippen LogP contribution >= 0.6 is 0 Å². The van der Waals surface area contributed by atoms with Crippen molar-refractivity contribution >= 4 is 21.5 Å². The minimum atomic E-state index is -0.488. The molecule has 2 aliphatic rings. The molecule has 0 saturated carbocycles. The lowest BCUT2D eigenvalue weighted by atomic mass is 9.66. The third kappa shape index (κ3) is 3.40. The number of rotatable bonds is 3. The van der Waals surface area contributed by atoms with E-state index in [4.69, 9.17) is 4.74 Å². The molecule has 0 fully saturated rings. The lowest BCUT2D eigenvalue weighted by Gasteiger charge is -2.35. The zero-order chi connectivity index (χ0) is 30.2. The van der Waals surface area contributed by atoms with Gasteiger partial charge in [-0.1, -0.05) is 146 Å². The van der Waals surface area contributed by atoms with Crippen molar-refractivity contribution in [2.75, 3.05) is 0 Å². The van der Waals surface area contributed by atoms with Crippen molar-refractivity contribution in [1.29, 1.82) is 0 Å². The highest BCUT2D eigenvalue weighted by molar-refractivity contribution is 6.06. The van der Waals surface area contributed by atoms with Gasteiger partial charge >= 0.3 is 0 Å². The molecule has 1 unspecified atom stereocenters. The van der Waals surface area contributed by atoms with E-state index in [-0.39, 0.29) is 0 Å². The zero-order valence-electron chi connectivity index (χ0n) is 25.1. The van der Waals surface area contributed by atoms with Crippen molar-refractivity contribution in [3.8, 4) is 44.9 Å². The van der Waals surface area contributed by atoms with Crippen LogP contribution in [0.1, 0.15) is 22.3 Å². The molecule has 0 N–H and O–H groups in total. The fraction of sp³-hybridized carbons (Fsp3) is 0.0222. The topological polar surface area (TPSA) is 9.23 Å². The van der Waals surface area contributed by atoms with Gasteiger partial charge in [-0.2, -0.15) is 0 Å². The molecule has 1 heterocycles. The molecule has 8 aromatic carbocycles. The second kappa shape index (κ2) is 9.54. The predicted molar refractivity (Wildman–Crippen MR) is 190 cm³/mol. The summed E-state index contributed by atoms with van der Waals surface area (Å²) in [5, 5.41) is 4.91. The summed E-state index contributed by atoms with van der Waals surface area (Å²) in [5.41, 5.74) is 12.0. The molecule has 1 aliphatic heterocycles. The van der Waals surface area contributed by atoms with Crippen molar-refractivity contribution < 1.29 is 4.74 Å². The average molecular weight is 585 g/mol. The summed E-state index contributed by atoms with van der Waals surface area (Å²) in [6, 6.07) is 62.1. The van der Waals surface area contributed by atoms with E-state index in [1.54, 1.807) is 0 Å². The third-order valence-corrected chi connectivity index (χ3v) is 10.1. The molecule has 46 heavy (non-hydrogen) atoms. The molecule has 0 saturated heterocycles. The third-order valence-electron chi connectivity index (χ3n) is 10.1. The first-order valence-electron chi connectivity index (χ1n) is 15.9. The second-order valence-corrected chi connectivity index (χ2v) is 12.4. The normalized spacial score (nSPS) is 15.7. The molecule has 0 aromatic heterocycles. The maximum Gasteiger partial charge on any atom is 0.136 e. The standard InChI is InChI=1S/C45H28O/c1-2-15-33(16-3-1)45(40-22-8-6-19-36(40)39-25-24-29-12-4-5-18-35(29)44(39)45)34-17-10-13-30(27-34)32-26-31-14-11-21-38-37-20-7-9-23-41(37)46-42(28-32)43(31)38/h1-28H. The van der Waals surface area contributed by atoms with Crippen LogP contribution < -0.4 is 4.74 Å². The van der Waals surface area contributed by atoms with Gasteiger partial charge in [0.05, 0.1) is 5.41 Å². The van der Waals surface area contributed by atoms with Crippen LogP contribution in [-0.2, 0) is 5.41 Å². The van der Waals surface area contributed by atoms with Gasteiger partial charge in [-0.15, -0.1) is 0 Å². The van der Waals surface area contributed by atoms with E-state index in [1.165, 1.54) is 66.1 Å². The Balaban J connectivity index is 1.26. The Labute approximate surface area is 268 Å². The SMILES string of the molecule is c1ccc(C2(c3cccc(-c4cc5c6c(cccc6c4)-c4ccccc4O5)c3)c3ccccc3-c3ccc4ccccc4c32)cc1. The predicted octanol–water partition coefficient (Wildman–Crippen LogP) is 11.8. The van der Waals surface area contributed by atoms with Crippen LogP contribution in [0.4, 0.5) is 0 Å². The molecule has 0 radical (unpaired) electrons. The highest BCUT2D eigenvalue weighted by atomic mass is 16.5. The molecular formula is C45H28O. The van der Waals surface area contributed by atoms with E-state index >= 15 is 0 Å². The Morgan fingerprint density at radius 3 is 2.04 bits per heavy atom. The highest BCUT2D eigenvalue weighted by Gasteiger charge is 2.47. The first-order valence-corrected chi connectivity index (χ1v) is 15.9. The van der Waals surface area contributed by atoms with E-state index in [0.29, 0.717) is 0 Å². The number of fused-ring (bicyclic) bond motifs is 7. The minimum absolute atomic E-state index is 0.488. The van der Waals surface area contributed by atoms with Crippen molar-refractivity contribution in [2.24, 2.45) is 0 Å². The summed E-state index contributed by atoms with van der Waals surface area (Å²) in [6.07, 6.45) is 0. The molecule has 1 heteroatoms.